The molecule has 3 heterocycles. The van der Waals surface area contributed by atoms with Crippen molar-refractivity contribution in [1.29, 1.82) is 0 Å². The Kier molecular flexibility index (Phi) is 5.91. The summed E-state index contributed by atoms with van der Waals surface area (Å²) in [5.74, 6) is -1.05. The van der Waals surface area contributed by atoms with Gasteiger partial charge in [0, 0.05) is 18.2 Å². The van der Waals surface area contributed by atoms with E-state index in [0.717, 1.165) is 0 Å². The van der Waals surface area contributed by atoms with Gasteiger partial charge in [-0.05, 0) is 51.1 Å². The number of carbonyl (C=O) groups is 2. The average molecular weight is 451 g/mol. The summed E-state index contributed by atoms with van der Waals surface area (Å²) >= 11 is 0. The van der Waals surface area contributed by atoms with E-state index in [2.05, 4.69) is 20.4 Å². The number of hydrogen-bond acceptors (Lipinski definition) is 7. The molecule has 170 valence electrons. The second-order valence-electron chi connectivity index (χ2n) is 8.32. The smallest absolute Gasteiger partial charge is 0.306 e. The van der Waals surface area contributed by atoms with Gasteiger partial charge in [0.15, 0.2) is 0 Å². The molecule has 0 saturated heterocycles. The van der Waals surface area contributed by atoms with Crippen molar-refractivity contribution in [2.75, 3.05) is 5.32 Å². The molecule has 4 rings (SSSR count). The van der Waals surface area contributed by atoms with Gasteiger partial charge in [0.1, 0.15) is 22.8 Å². The van der Waals surface area contributed by atoms with Gasteiger partial charge in [0.05, 0.1) is 18.3 Å². The van der Waals surface area contributed by atoms with Crippen LogP contribution in [0.1, 0.15) is 43.6 Å². The third kappa shape index (κ3) is 5.22. The number of nitrogens with one attached hydrogen (secondary N) is 1. The number of hydrogen-bond donors (Lipinski definition) is 1. The summed E-state index contributed by atoms with van der Waals surface area (Å²) in [7, 11) is 0. The van der Waals surface area contributed by atoms with Gasteiger partial charge >= 0.3 is 5.97 Å². The number of rotatable bonds is 6. The maximum Gasteiger partial charge on any atom is 0.306 e. The molecule has 0 fully saturated rings. The Morgan fingerprint density at radius 3 is 2.82 bits per heavy atom. The van der Waals surface area contributed by atoms with Gasteiger partial charge in [-0.15, -0.1) is 0 Å². The molecule has 0 aliphatic heterocycles. The lowest BCUT2D eigenvalue weighted by Crippen LogP contribution is -2.24. The van der Waals surface area contributed by atoms with E-state index >= 15 is 0 Å². The molecule has 4 aromatic rings. The van der Waals surface area contributed by atoms with E-state index in [1.165, 1.54) is 24.4 Å². The van der Waals surface area contributed by atoms with Crippen molar-refractivity contribution in [1.82, 2.24) is 19.5 Å². The van der Waals surface area contributed by atoms with E-state index in [-0.39, 0.29) is 41.9 Å². The zero-order valence-electron chi connectivity index (χ0n) is 18.3. The Morgan fingerprint density at radius 2 is 2.03 bits per heavy atom. The minimum atomic E-state index is -0.616. The molecule has 0 unspecified atom stereocenters. The molecule has 0 aliphatic rings. The molecular formula is C23H22FN5O4. The molecule has 1 aromatic carbocycles. The number of benzene rings is 1. The minimum absolute atomic E-state index is 0.0384. The summed E-state index contributed by atoms with van der Waals surface area (Å²) in [4.78, 5) is 33.0. The number of fused-ring (bicyclic) bond motifs is 1. The predicted molar refractivity (Wildman–Crippen MR) is 117 cm³/mol. The first-order valence-electron chi connectivity index (χ1n) is 10.3. The summed E-state index contributed by atoms with van der Waals surface area (Å²) in [5.41, 5.74) is 0.692. The van der Waals surface area contributed by atoms with Crippen molar-refractivity contribution in [2.45, 2.75) is 39.2 Å². The van der Waals surface area contributed by atoms with E-state index in [1.807, 2.05) is 0 Å². The second-order valence-corrected chi connectivity index (χ2v) is 8.32. The first-order valence-corrected chi connectivity index (χ1v) is 10.3. The van der Waals surface area contributed by atoms with Gasteiger partial charge in [-0.2, -0.15) is 4.98 Å². The number of ether oxygens (including phenoxy) is 1. The highest BCUT2D eigenvalue weighted by molar-refractivity contribution is 6.03. The van der Waals surface area contributed by atoms with Crippen molar-refractivity contribution < 1.29 is 23.2 Å². The number of anilines is 1. The van der Waals surface area contributed by atoms with Crippen LogP contribution in [0.2, 0.25) is 0 Å². The van der Waals surface area contributed by atoms with Crippen molar-refractivity contribution in [3.8, 4) is 11.4 Å². The molecule has 10 heteroatoms. The Balaban J connectivity index is 1.47. The summed E-state index contributed by atoms with van der Waals surface area (Å²) in [6.45, 7) is 5.36. The minimum Gasteiger partial charge on any atom is -0.460 e. The lowest BCUT2D eigenvalue weighted by molar-refractivity contribution is -0.154. The first kappa shape index (κ1) is 22.1. The van der Waals surface area contributed by atoms with Crippen LogP contribution in [-0.4, -0.2) is 37.0 Å². The van der Waals surface area contributed by atoms with Crippen molar-refractivity contribution in [3.63, 3.8) is 0 Å². The Labute approximate surface area is 188 Å². The van der Waals surface area contributed by atoms with Crippen LogP contribution in [0, 0.1) is 5.82 Å². The molecule has 0 radical (unpaired) electrons. The molecule has 0 saturated carbocycles. The molecule has 3 aromatic heterocycles. The number of halogens is 1. The monoisotopic (exact) mass is 451 g/mol. The summed E-state index contributed by atoms with van der Waals surface area (Å²) in [6.07, 6.45) is 3.41. The third-order valence-electron chi connectivity index (χ3n) is 4.55. The van der Waals surface area contributed by atoms with E-state index in [0.29, 0.717) is 11.2 Å². The van der Waals surface area contributed by atoms with Crippen LogP contribution in [0.5, 0.6) is 0 Å². The fraction of sp³-hybridized carbons (Fsp3) is 0.261. The fourth-order valence-electron chi connectivity index (χ4n) is 3.12. The zero-order chi connectivity index (χ0) is 23.6. The van der Waals surface area contributed by atoms with E-state index in [4.69, 9.17) is 9.26 Å². The number of aromatic nitrogens is 4. The van der Waals surface area contributed by atoms with Crippen LogP contribution in [0.3, 0.4) is 0 Å². The van der Waals surface area contributed by atoms with Crippen LogP contribution in [0.4, 0.5) is 10.1 Å². The van der Waals surface area contributed by atoms with E-state index in [1.54, 1.807) is 49.6 Å². The topological polar surface area (TPSA) is 112 Å². The van der Waals surface area contributed by atoms with Crippen molar-refractivity contribution in [3.05, 3.63) is 66.2 Å². The standard InChI is InChI=1S/C23H22FN5O4/c1-23(2,3)32-20(30)10-9-19-27-21(28-33-19)14-7-8-15(24)16(12-14)26-22(31)17-13-25-18-6-4-5-11-29(17)18/h4-8,11-13H,9-10H2,1-3H3,(H,26,31). The quantitative estimate of drug-likeness (QED) is 0.440. The van der Waals surface area contributed by atoms with Crippen LogP contribution < -0.4 is 5.32 Å². The van der Waals surface area contributed by atoms with E-state index < -0.39 is 17.3 Å². The number of carbonyl (C=O) groups excluding carboxylic acids is 2. The Bertz CT molecular complexity index is 1320. The van der Waals surface area contributed by atoms with Crippen molar-refractivity contribution in [2.24, 2.45) is 0 Å². The number of amides is 1. The van der Waals surface area contributed by atoms with E-state index in [9.17, 15) is 14.0 Å². The average Bonchev–Trinajstić information content (AvgIpc) is 3.40. The maximum absolute atomic E-state index is 14.4. The molecule has 1 N–H and O–H groups in total. The second kappa shape index (κ2) is 8.81. The highest BCUT2D eigenvalue weighted by atomic mass is 19.1. The number of nitrogens with zero attached hydrogens (tertiary/aromatic N) is 4. The van der Waals surface area contributed by atoms with Crippen LogP contribution >= 0.6 is 0 Å². The van der Waals surface area contributed by atoms with Crippen LogP contribution in [0.15, 0.2) is 53.3 Å². The summed E-state index contributed by atoms with van der Waals surface area (Å²) < 4.78 is 26.5. The van der Waals surface area contributed by atoms with Crippen LogP contribution in [-0.2, 0) is 16.0 Å². The highest BCUT2D eigenvalue weighted by Crippen LogP contribution is 2.24. The number of esters is 1. The normalized spacial score (nSPS) is 11.5. The molecule has 0 spiro atoms. The molecular weight excluding hydrogens is 429 g/mol. The SMILES string of the molecule is CC(C)(C)OC(=O)CCc1nc(-c2ccc(F)c(NC(=O)c3cnc4ccccn34)c2)no1. The number of aryl methyl sites for hydroxylation is 1. The van der Waals surface area contributed by atoms with Gasteiger partial charge in [-0.3, -0.25) is 14.0 Å². The van der Waals surface area contributed by atoms with Gasteiger partial charge in [-0.1, -0.05) is 11.2 Å². The van der Waals surface area contributed by atoms with Gasteiger partial charge < -0.3 is 14.6 Å². The zero-order valence-corrected chi connectivity index (χ0v) is 18.3. The lowest BCUT2D eigenvalue weighted by atomic mass is 10.1. The predicted octanol–water partition coefficient (Wildman–Crippen LogP) is 4.05. The number of pyridine rings is 1. The summed E-state index contributed by atoms with van der Waals surface area (Å²) in [5, 5.41) is 6.45. The van der Waals surface area contributed by atoms with Gasteiger partial charge in [0.2, 0.25) is 11.7 Å². The first-order chi connectivity index (χ1) is 15.7. The lowest BCUT2D eigenvalue weighted by Gasteiger charge is -2.19. The summed E-state index contributed by atoms with van der Waals surface area (Å²) in [6, 6.07) is 9.43. The molecule has 0 atom stereocenters. The molecule has 0 aliphatic carbocycles. The van der Waals surface area contributed by atoms with Gasteiger partial charge in [-0.25, -0.2) is 9.37 Å². The third-order valence-corrected chi connectivity index (χ3v) is 4.55. The molecule has 9 nitrogen and oxygen atoms in total. The fourth-order valence-corrected chi connectivity index (χ4v) is 3.12. The molecule has 33 heavy (non-hydrogen) atoms. The van der Waals surface area contributed by atoms with Gasteiger partial charge in [0.25, 0.3) is 5.91 Å². The Morgan fingerprint density at radius 1 is 1.21 bits per heavy atom. The van der Waals surface area contributed by atoms with Crippen LogP contribution in [0.25, 0.3) is 17.0 Å². The highest BCUT2D eigenvalue weighted by Gasteiger charge is 2.19. The van der Waals surface area contributed by atoms with Crippen molar-refractivity contribution >= 4 is 23.2 Å². The Hall–Kier alpha value is -4.08. The largest absolute Gasteiger partial charge is 0.460 e. The number of imidazole rings is 1. The molecule has 1 amide bonds. The molecule has 0 bridgehead atoms. The maximum atomic E-state index is 14.4.